The highest BCUT2D eigenvalue weighted by Gasteiger charge is 2.30. The molecule has 1 aliphatic heterocycles. The van der Waals surface area contributed by atoms with Crippen LogP contribution in [-0.4, -0.2) is 52.3 Å². The average Bonchev–Trinajstić information content (AvgIpc) is 3.31. The molecule has 2 heterocycles. The second-order valence-corrected chi connectivity index (χ2v) is 6.59. The molecule has 1 atom stereocenters. The van der Waals surface area contributed by atoms with Crippen LogP contribution in [0.15, 0.2) is 42.6 Å². The van der Waals surface area contributed by atoms with Gasteiger partial charge in [-0.25, -0.2) is 4.68 Å². The van der Waals surface area contributed by atoms with Crippen LogP contribution in [0.2, 0.25) is 0 Å². The topological polar surface area (TPSA) is 62.2 Å². The molecule has 0 radical (unpaired) electrons. The summed E-state index contributed by atoms with van der Waals surface area (Å²) in [7, 11) is 0. The van der Waals surface area contributed by atoms with Crippen LogP contribution in [0.1, 0.15) is 18.5 Å². The lowest BCUT2D eigenvalue weighted by molar-refractivity contribution is -0.124. The third kappa shape index (κ3) is 3.49. The normalized spacial score (nSPS) is 21.6. The van der Waals surface area contributed by atoms with Gasteiger partial charge < -0.3 is 10.6 Å². The molecule has 4 rings (SSSR count). The largest absolute Gasteiger partial charge is 0.352 e. The molecule has 1 unspecified atom stereocenters. The van der Waals surface area contributed by atoms with Crippen molar-refractivity contribution in [3.05, 3.63) is 48.3 Å². The Hall–Kier alpha value is -2.18. The van der Waals surface area contributed by atoms with Crippen molar-refractivity contribution < 1.29 is 4.79 Å². The first-order chi connectivity index (χ1) is 11.8. The number of amides is 1. The van der Waals surface area contributed by atoms with E-state index in [0.717, 1.165) is 50.4 Å². The van der Waals surface area contributed by atoms with E-state index in [9.17, 15) is 4.79 Å². The number of carbonyl (C=O) groups excluding carboxylic acids is 1. The second kappa shape index (κ2) is 6.75. The minimum atomic E-state index is -0.118. The number of para-hydroxylation sites is 1. The van der Waals surface area contributed by atoms with Gasteiger partial charge in [-0.1, -0.05) is 18.2 Å². The summed E-state index contributed by atoms with van der Waals surface area (Å²) in [4.78, 5) is 14.6. The second-order valence-electron chi connectivity index (χ2n) is 6.59. The highest BCUT2D eigenvalue weighted by Crippen LogP contribution is 2.19. The fraction of sp³-hybridized carbons (Fsp3) is 0.444. The molecule has 2 N–H and O–H groups in total. The number of aromatic nitrogens is 2. The predicted molar refractivity (Wildman–Crippen MR) is 91.8 cm³/mol. The van der Waals surface area contributed by atoms with Crippen molar-refractivity contribution in [3.8, 4) is 5.69 Å². The van der Waals surface area contributed by atoms with Crippen LogP contribution in [0.5, 0.6) is 0 Å². The molecular formula is C18H23N5O. The third-order valence-electron chi connectivity index (χ3n) is 4.61. The Balaban J connectivity index is 1.42. The van der Waals surface area contributed by atoms with E-state index in [2.05, 4.69) is 32.8 Å². The van der Waals surface area contributed by atoms with Crippen LogP contribution in [0.3, 0.4) is 0 Å². The van der Waals surface area contributed by atoms with Crippen LogP contribution < -0.4 is 10.6 Å². The van der Waals surface area contributed by atoms with Crippen molar-refractivity contribution in [2.75, 3.05) is 19.6 Å². The van der Waals surface area contributed by atoms with E-state index >= 15 is 0 Å². The number of carbonyl (C=O) groups is 1. The maximum absolute atomic E-state index is 12.3. The predicted octanol–water partition coefficient (Wildman–Crippen LogP) is 0.925. The van der Waals surface area contributed by atoms with Gasteiger partial charge in [0.2, 0.25) is 5.91 Å². The molecule has 6 nitrogen and oxygen atoms in total. The van der Waals surface area contributed by atoms with Gasteiger partial charge in [0.1, 0.15) is 0 Å². The number of hydrogen-bond donors (Lipinski definition) is 2. The molecule has 1 saturated carbocycles. The SMILES string of the molecule is O=C(NC1CC1)C1CN(Cc2ccnn2-c2ccccc2)CCN1. The molecule has 126 valence electrons. The van der Waals surface area contributed by atoms with Crippen molar-refractivity contribution in [3.63, 3.8) is 0 Å². The van der Waals surface area contributed by atoms with E-state index in [1.54, 1.807) is 0 Å². The first-order valence-corrected chi connectivity index (χ1v) is 8.64. The fourth-order valence-corrected chi connectivity index (χ4v) is 3.14. The van der Waals surface area contributed by atoms with Gasteiger partial charge in [0.05, 0.1) is 17.4 Å². The van der Waals surface area contributed by atoms with Gasteiger partial charge in [-0.15, -0.1) is 0 Å². The maximum atomic E-state index is 12.3. The van der Waals surface area contributed by atoms with Crippen LogP contribution in [0.4, 0.5) is 0 Å². The van der Waals surface area contributed by atoms with E-state index in [4.69, 9.17) is 0 Å². The molecule has 6 heteroatoms. The quantitative estimate of drug-likeness (QED) is 0.858. The number of rotatable bonds is 5. The van der Waals surface area contributed by atoms with Crippen molar-refractivity contribution in [2.24, 2.45) is 0 Å². The van der Waals surface area contributed by atoms with Gasteiger partial charge in [-0.3, -0.25) is 9.69 Å². The van der Waals surface area contributed by atoms with Gasteiger partial charge in [0.25, 0.3) is 0 Å². The highest BCUT2D eigenvalue weighted by atomic mass is 16.2. The van der Waals surface area contributed by atoms with Crippen molar-refractivity contribution in [1.82, 2.24) is 25.3 Å². The number of piperazine rings is 1. The number of nitrogens with zero attached hydrogens (tertiary/aromatic N) is 3. The van der Waals surface area contributed by atoms with Crippen LogP contribution in [0, 0.1) is 0 Å². The van der Waals surface area contributed by atoms with E-state index < -0.39 is 0 Å². The molecule has 0 bridgehead atoms. The summed E-state index contributed by atoms with van der Waals surface area (Å²) in [5.41, 5.74) is 2.21. The maximum Gasteiger partial charge on any atom is 0.238 e. The lowest BCUT2D eigenvalue weighted by atomic mass is 10.2. The van der Waals surface area contributed by atoms with E-state index in [1.165, 1.54) is 0 Å². The molecule has 1 aliphatic carbocycles. The van der Waals surface area contributed by atoms with Gasteiger partial charge in [0.15, 0.2) is 0 Å². The zero-order valence-electron chi connectivity index (χ0n) is 13.7. The van der Waals surface area contributed by atoms with Crippen LogP contribution in [0.25, 0.3) is 5.69 Å². The summed E-state index contributed by atoms with van der Waals surface area (Å²) in [5.74, 6) is 0.138. The molecule has 1 aromatic heterocycles. The first-order valence-electron chi connectivity index (χ1n) is 8.64. The average molecular weight is 325 g/mol. The molecule has 24 heavy (non-hydrogen) atoms. The highest BCUT2D eigenvalue weighted by molar-refractivity contribution is 5.82. The molecule has 1 aromatic carbocycles. The Bertz CT molecular complexity index is 694. The summed E-state index contributed by atoms with van der Waals surface area (Å²) >= 11 is 0. The molecule has 1 saturated heterocycles. The van der Waals surface area contributed by atoms with Gasteiger partial charge >= 0.3 is 0 Å². The van der Waals surface area contributed by atoms with E-state index in [0.29, 0.717) is 6.04 Å². The smallest absolute Gasteiger partial charge is 0.238 e. The Morgan fingerprint density at radius 2 is 2.08 bits per heavy atom. The summed E-state index contributed by atoms with van der Waals surface area (Å²) in [6.45, 7) is 3.30. The van der Waals surface area contributed by atoms with Gasteiger partial charge in [-0.05, 0) is 31.0 Å². The summed E-state index contributed by atoms with van der Waals surface area (Å²) in [5, 5.41) is 10.9. The Labute approximate surface area is 141 Å². The van der Waals surface area contributed by atoms with Crippen molar-refractivity contribution in [1.29, 1.82) is 0 Å². The van der Waals surface area contributed by atoms with Crippen molar-refractivity contribution in [2.45, 2.75) is 31.5 Å². The molecule has 2 aliphatic rings. The monoisotopic (exact) mass is 325 g/mol. The molecule has 1 amide bonds. The van der Waals surface area contributed by atoms with E-state index in [-0.39, 0.29) is 11.9 Å². The Morgan fingerprint density at radius 3 is 2.88 bits per heavy atom. The lowest BCUT2D eigenvalue weighted by Gasteiger charge is -2.32. The summed E-state index contributed by atoms with van der Waals surface area (Å²) in [6.07, 6.45) is 4.08. The van der Waals surface area contributed by atoms with E-state index in [1.807, 2.05) is 35.1 Å². The summed E-state index contributed by atoms with van der Waals surface area (Å²) < 4.78 is 1.97. The van der Waals surface area contributed by atoms with Crippen LogP contribution >= 0.6 is 0 Å². The number of hydrogen-bond acceptors (Lipinski definition) is 4. The Morgan fingerprint density at radius 1 is 1.25 bits per heavy atom. The standard InChI is InChI=1S/C18H23N5O/c24-18(21-14-6-7-14)17-13-22(11-10-19-17)12-16-8-9-20-23(16)15-4-2-1-3-5-15/h1-5,8-9,14,17,19H,6-7,10-13H2,(H,21,24). The molecule has 0 spiro atoms. The number of benzene rings is 1. The first kappa shape index (κ1) is 15.4. The number of nitrogens with one attached hydrogen (secondary N) is 2. The molecular weight excluding hydrogens is 302 g/mol. The zero-order valence-corrected chi connectivity index (χ0v) is 13.7. The minimum Gasteiger partial charge on any atom is -0.352 e. The third-order valence-corrected chi connectivity index (χ3v) is 4.61. The minimum absolute atomic E-state index is 0.118. The summed E-state index contributed by atoms with van der Waals surface area (Å²) in [6, 6.07) is 12.5. The molecule has 2 fully saturated rings. The molecule has 2 aromatic rings. The zero-order chi connectivity index (χ0) is 16.4. The van der Waals surface area contributed by atoms with Gasteiger partial charge in [-0.2, -0.15) is 5.10 Å². The van der Waals surface area contributed by atoms with Gasteiger partial charge in [0, 0.05) is 38.4 Å². The fourth-order valence-electron chi connectivity index (χ4n) is 3.14. The Kier molecular flexibility index (Phi) is 4.32. The lowest BCUT2D eigenvalue weighted by Crippen LogP contribution is -2.57. The van der Waals surface area contributed by atoms with Crippen molar-refractivity contribution >= 4 is 5.91 Å². The van der Waals surface area contributed by atoms with Crippen LogP contribution in [-0.2, 0) is 11.3 Å².